The number of nitrogens with zero attached hydrogens (tertiary/aromatic N) is 1. The lowest BCUT2D eigenvalue weighted by Gasteiger charge is -2.22. The highest BCUT2D eigenvalue weighted by atomic mass is 16.3. The summed E-state index contributed by atoms with van der Waals surface area (Å²) in [5.41, 5.74) is -0.306. The second kappa shape index (κ2) is 8.05. The lowest BCUT2D eigenvalue weighted by Crippen LogP contribution is -2.35. The zero-order valence-corrected chi connectivity index (χ0v) is 10.8. The van der Waals surface area contributed by atoms with Crippen LogP contribution in [0.2, 0.25) is 0 Å². The third kappa shape index (κ3) is 16.5. The van der Waals surface area contributed by atoms with Crippen LogP contribution in [-0.4, -0.2) is 67.3 Å². The van der Waals surface area contributed by atoms with Crippen molar-refractivity contribution in [1.82, 2.24) is 0 Å². The van der Waals surface area contributed by atoms with Crippen molar-refractivity contribution in [1.29, 1.82) is 0 Å². The Kier molecular flexibility index (Phi) is 9.25. The van der Waals surface area contributed by atoms with Gasteiger partial charge in [-0.3, -0.25) is 0 Å². The molecule has 0 aliphatic carbocycles. The molecular formula is C11H28NO3+. The van der Waals surface area contributed by atoms with Crippen LogP contribution in [0.15, 0.2) is 0 Å². The van der Waals surface area contributed by atoms with Gasteiger partial charge in [0, 0.05) is 18.4 Å². The van der Waals surface area contributed by atoms with Crippen LogP contribution in [0.4, 0.5) is 0 Å². The highest BCUT2D eigenvalue weighted by Crippen LogP contribution is 2.10. The summed E-state index contributed by atoms with van der Waals surface area (Å²) in [6.45, 7) is 5.05. The van der Waals surface area contributed by atoms with Gasteiger partial charge in [-0.1, -0.05) is 13.8 Å². The molecule has 0 heterocycles. The smallest absolute Gasteiger partial charge is 0.0802 e. The highest BCUT2D eigenvalue weighted by Gasteiger charge is 2.13. The van der Waals surface area contributed by atoms with E-state index in [0.29, 0.717) is 6.61 Å². The molecular weight excluding hydrogens is 194 g/mol. The minimum absolute atomic E-state index is 0.0451. The van der Waals surface area contributed by atoms with Gasteiger partial charge >= 0.3 is 0 Å². The number of rotatable bonds is 5. The molecule has 3 N–H and O–H groups in total. The Labute approximate surface area is 93.7 Å². The normalized spacial score (nSPS) is 12.0. The third-order valence-corrected chi connectivity index (χ3v) is 1.84. The molecule has 0 radical (unpaired) electrons. The van der Waals surface area contributed by atoms with E-state index in [1.54, 1.807) is 13.8 Å². The van der Waals surface area contributed by atoms with Crippen LogP contribution < -0.4 is 0 Å². The van der Waals surface area contributed by atoms with Crippen molar-refractivity contribution in [3.8, 4) is 0 Å². The second-order valence-electron chi connectivity index (χ2n) is 5.57. The molecule has 94 valence electrons. The predicted molar refractivity (Wildman–Crippen MR) is 62.6 cm³/mol. The first-order chi connectivity index (χ1) is 6.68. The standard InChI is InChI=1S/C6H16NO.C5H12O2/c1-7(2,3)5-4-6-8;1-5(2,3-6)4-7/h8H,4-6H2,1-3H3;6-7H,3-4H2,1-2H3/q+1;. The number of quaternary nitrogens is 1. The van der Waals surface area contributed by atoms with E-state index in [0.717, 1.165) is 17.4 Å². The average molecular weight is 222 g/mol. The Balaban J connectivity index is 0. The summed E-state index contributed by atoms with van der Waals surface area (Å²) in [6.07, 6.45) is 0.906. The third-order valence-electron chi connectivity index (χ3n) is 1.84. The second-order valence-corrected chi connectivity index (χ2v) is 5.57. The molecule has 15 heavy (non-hydrogen) atoms. The van der Waals surface area contributed by atoms with Crippen molar-refractivity contribution in [2.75, 3.05) is 47.5 Å². The summed E-state index contributed by atoms with van der Waals surface area (Å²) in [5.74, 6) is 0. The van der Waals surface area contributed by atoms with Gasteiger partial charge in [-0.15, -0.1) is 0 Å². The van der Waals surface area contributed by atoms with Gasteiger partial charge in [0.25, 0.3) is 0 Å². The molecule has 0 aliphatic heterocycles. The maximum absolute atomic E-state index is 8.43. The summed E-state index contributed by atoms with van der Waals surface area (Å²) < 4.78 is 0.945. The zero-order chi connectivity index (χ0) is 12.5. The molecule has 0 aromatic carbocycles. The van der Waals surface area contributed by atoms with Crippen molar-refractivity contribution in [2.24, 2.45) is 5.41 Å². The molecule has 4 heteroatoms. The first-order valence-corrected chi connectivity index (χ1v) is 5.31. The van der Waals surface area contributed by atoms with Gasteiger partial charge in [0.05, 0.1) is 40.9 Å². The fourth-order valence-electron chi connectivity index (χ4n) is 0.595. The van der Waals surface area contributed by atoms with Crippen LogP contribution in [0.1, 0.15) is 20.3 Å². The van der Waals surface area contributed by atoms with Gasteiger partial charge in [-0.2, -0.15) is 0 Å². The molecule has 0 saturated heterocycles. The van der Waals surface area contributed by atoms with E-state index < -0.39 is 0 Å². The molecule has 0 fully saturated rings. The summed E-state index contributed by atoms with van der Waals surface area (Å²) in [5, 5.41) is 25.3. The molecule has 0 rings (SSSR count). The minimum Gasteiger partial charge on any atom is -0.396 e. The van der Waals surface area contributed by atoms with Crippen LogP contribution in [0, 0.1) is 5.41 Å². The van der Waals surface area contributed by atoms with Crippen LogP contribution in [-0.2, 0) is 0 Å². The SMILES string of the molecule is CC(C)(CO)CO.C[N+](C)(C)CCCO. The summed E-state index contributed by atoms with van der Waals surface area (Å²) >= 11 is 0. The monoisotopic (exact) mass is 222 g/mol. The number of aliphatic hydroxyl groups excluding tert-OH is 3. The van der Waals surface area contributed by atoms with Gasteiger partial charge in [-0.05, 0) is 0 Å². The summed E-state index contributed by atoms with van der Waals surface area (Å²) in [6, 6.07) is 0. The van der Waals surface area contributed by atoms with E-state index in [2.05, 4.69) is 21.1 Å². The Morgan fingerprint density at radius 1 is 0.933 bits per heavy atom. The van der Waals surface area contributed by atoms with Crippen molar-refractivity contribution < 1.29 is 19.8 Å². The van der Waals surface area contributed by atoms with Gasteiger partial charge in [-0.25, -0.2) is 0 Å². The summed E-state index contributed by atoms with van der Waals surface area (Å²) in [7, 11) is 6.36. The van der Waals surface area contributed by atoms with Gasteiger partial charge in [0.15, 0.2) is 0 Å². The molecule has 0 aromatic heterocycles. The average Bonchev–Trinajstić information content (AvgIpc) is 2.15. The molecule has 0 amide bonds. The van der Waals surface area contributed by atoms with Crippen molar-refractivity contribution in [3.05, 3.63) is 0 Å². The van der Waals surface area contributed by atoms with Crippen LogP contribution in [0.5, 0.6) is 0 Å². The van der Waals surface area contributed by atoms with Gasteiger partial charge in [0.1, 0.15) is 0 Å². The lowest BCUT2D eigenvalue weighted by atomic mass is 9.97. The van der Waals surface area contributed by atoms with Crippen molar-refractivity contribution in [2.45, 2.75) is 20.3 Å². The number of aliphatic hydroxyl groups is 3. The highest BCUT2D eigenvalue weighted by molar-refractivity contribution is 4.62. The Morgan fingerprint density at radius 3 is 1.40 bits per heavy atom. The van der Waals surface area contributed by atoms with Gasteiger partial charge in [0.2, 0.25) is 0 Å². The molecule has 0 aliphatic rings. The minimum atomic E-state index is -0.306. The fraction of sp³-hybridized carbons (Fsp3) is 1.00. The molecule has 0 spiro atoms. The number of hydrogen-bond donors (Lipinski definition) is 3. The maximum atomic E-state index is 8.43. The molecule has 0 bridgehead atoms. The Bertz CT molecular complexity index is 135. The largest absolute Gasteiger partial charge is 0.396 e. The van der Waals surface area contributed by atoms with Gasteiger partial charge < -0.3 is 19.8 Å². The first kappa shape index (κ1) is 17.2. The predicted octanol–water partition coefficient (Wildman–Crippen LogP) is 0.0722. The fourth-order valence-corrected chi connectivity index (χ4v) is 0.595. The Morgan fingerprint density at radius 2 is 1.33 bits per heavy atom. The lowest BCUT2D eigenvalue weighted by molar-refractivity contribution is -0.870. The van der Waals surface area contributed by atoms with E-state index in [1.165, 1.54) is 0 Å². The number of hydrogen-bond acceptors (Lipinski definition) is 3. The van der Waals surface area contributed by atoms with E-state index in [1.807, 2.05) is 0 Å². The van der Waals surface area contributed by atoms with E-state index >= 15 is 0 Å². The van der Waals surface area contributed by atoms with Crippen LogP contribution in [0.25, 0.3) is 0 Å². The van der Waals surface area contributed by atoms with Crippen LogP contribution >= 0.6 is 0 Å². The van der Waals surface area contributed by atoms with E-state index in [4.69, 9.17) is 15.3 Å². The molecule has 0 saturated carbocycles. The maximum Gasteiger partial charge on any atom is 0.0802 e. The topological polar surface area (TPSA) is 60.7 Å². The van der Waals surface area contributed by atoms with E-state index in [9.17, 15) is 0 Å². The first-order valence-electron chi connectivity index (χ1n) is 5.31. The van der Waals surface area contributed by atoms with Crippen molar-refractivity contribution in [3.63, 3.8) is 0 Å². The zero-order valence-electron chi connectivity index (χ0n) is 10.8. The quantitative estimate of drug-likeness (QED) is 0.577. The molecule has 0 aromatic rings. The molecule has 0 atom stereocenters. The van der Waals surface area contributed by atoms with E-state index in [-0.39, 0.29) is 18.6 Å². The van der Waals surface area contributed by atoms with Crippen molar-refractivity contribution >= 4 is 0 Å². The molecule has 4 nitrogen and oxygen atoms in total. The Hall–Kier alpha value is -0.160. The summed E-state index contributed by atoms with van der Waals surface area (Å²) in [4.78, 5) is 0. The van der Waals surface area contributed by atoms with Crippen LogP contribution in [0.3, 0.4) is 0 Å². The molecule has 0 unspecified atom stereocenters.